The molecule has 2 heterocycles. The van der Waals surface area contributed by atoms with E-state index in [0.717, 1.165) is 39.3 Å². The molecule has 1 amide bonds. The normalized spacial score (nSPS) is 13.9. The van der Waals surface area contributed by atoms with Crippen LogP contribution < -0.4 is 15.4 Å². The number of benzene rings is 2. The first-order valence-corrected chi connectivity index (χ1v) is 11.3. The van der Waals surface area contributed by atoms with E-state index in [4.69, 9.17) is 22.4 Å². The van der Waals surface area contributed by atoms with E-state index in [0.29, 0.717) is 40.5 Å². The standard InChI is InChI=1S/C24H25ClFN5O3.H3P/c1-2-23(32)30-21-13-17-20(14-22(21)34-9-3-6-31-7-10-33-11-8-31)27-15-28-24(17)29-16-4-5-19(26)18(25)12-16;/h2,4-5,12-15H,1,3,6-11H2,(H,30,32)(H,27,28,29);1H3/i;1D. The third-order valence-corrected chi connectivity index (χ3v) is 5.63. The number of carbonyl (C=O) groups excluding carboxylic acids is 1. The van der Waals surface area contributed by atoms with Gasteiger partial charge in [-0.25, -0.2) is 14.4 Å². The van der Waals surface area contributed by atoms with Crippen molar-refractivity contribution in [2.24, 2.45) is 0 Å². The van der Waals surface area contributed by atoms with Crippen molar-refractivity contribution in [3.8, 4) is 5.75 Å². The summed E-state index contributed by atoms with van der Waals surface area (Å²) in [6, 6.07) is 7.79. The number of amides is 1. The maximum absolute atomic E-state index is 13.5. The summed E-state index contributed by atoms with van der Waals surface area (Å²) in [4.78, 5) is 23.0. The smallest absolute Gasteiger partial charge is 0.247 e. The lowest BCUT2D eigenvalue weighted by molar-refractivity contribution is -0.111. The molecule has 0 aliphatic carbocycles. The SMILES string of the molecule is C=CC(=O)Nc1cc2c(Nc3ccc(F)c(Cl)c3)ncnc2cc1OCCCN1CCOCC1.[2H]P. The fraction of sp³-hybridized carbons (Fsp3) is 0.292. The number of rotatable bonds is 9. The number of fused-ring (bicyclic) bond motifs is 1. The van der Waals surface area contributed by atoms with Gasteiger partial charge in [-0.3, -0.25) is 9.69 Å². The van der Waals surface area contributed by atoms with Gasteiger partial charge in [-0.05, 0) is 36.8 Å². The minimum atomic E-state index is -0.510. The minimum Gasteiger partial charge on any atom is -0.491 e. The second-order valence-electron chi connectivity index (χ2n) is 7.69. The van der Waals surface area contributed by atoms with E-state index in [1.165, 1.54) is 24.5 Å². The van der Waals surface area contributed by atoms with Crippen LogP contribution in [-0.4, -0.2) is 61.5 Å². The van der Waals surface area contributed by atoms with Crippen LogP contribution in [-0.2, 0) is 9.53 Å². The Bertz CT molecular complexity index is 1200. The molecule has 1 aliphatic rings. The predicted molar refractivity (Wildman–Crippen MR) is 142 cm³/mol. The Hall–Kier alpha value is -2.84. The summed E-state index contributed by atoms with van der Waals surface area (Å²) in [5.41, 5.74) is 1.65. The van der Waals surface area contributed by atoms with Gasteiger partial charge < -0.3 is 20.1 Å². The molecular formula is C24H28ClFN5O3P. The van der Waals surface area contributed by atoms with Gasteiger partial charge in [-0.2, -0.15) is 9.84 Å². The van der Waals surface area contributed by atoms with Crippen molar-refractivity contribution in [1.29, 1.82) is 1.28 Å². The second-order valence-corrected chi connectivity index (χ2v) is 8.10. The molecule has 1 aliphatic heterocycles. The molecule has 0 radical (unpaired) electrons. The molecule has 2 aromatic carbocycles. The largest absolute Gasteiger partial charge is 0.491 e. The molecule has 0 saturated carbocycles. The summed E-state index contributed by atoms with van der Waals surface area (Å²) < 4.78 is 30.6. The number of hydrogen-bond donors (Lipinski definition) is 2. The Morgan fingerprint density at radius 1 is 1.31 bits per heavy atom. The first-order valence-electron chi connectivity index (χ1n) is 11.5. The van der Waals surface area contributed by atoms with Gasteiger partial charge in [0.2, 0.25) is 5.91 Å². The van der Waals surface area contributed by atoms with Crippen molar-refractivity contribution in [2.75, 3.05) is 50.1 Å². The molecule has 1 atom stereocenters. The number of aromatic nitrogens is 2. The van der Waals surface area contributed by atoms with E-state index in [1.54, 1.807) is 28.0 Å². The van der Waals surface area contributed by atoms with Gasteiger partial charge in [0, 0.05) is 36.8 Å². The summed E-state index contributed by atoms with van der Waals surface area (Å²) in [5.74, 6) is 0.0959. The average Bonchev–Trinajstić information content (AvgIpc) is 2.91. The van der Waals surface area contributed by atoms with E-state index in [9.17, 15) is 9.18 Å². The molecule has 0 spiro atoms. The van der Waals surface area contributed by atoms with Crippen molar-refractivity contribution in [1.82, 2.24) is 14.9 Å². The molecular weight excluding hydrogens is 492 g/mol. The van der Waals surface area contributed by atoms with Gasteiger partial charge in [0.15, 0.2) is 0 Å². The molecule has 8 nitrogen and oxygen atoms in total. The van der Waals surface area contributed by atoms with Crippen molar-refractivity contribution >= 4 is 55.4 Å². The van der Waals surface area contributed by atoms with E-state index in [-0.39, 0.29) is 10.9 Å². The Morgan fingerprint density at radius 2 is 2.11 bits per heavy atom. The van der Waals surface area contributed by atoms with E-state index >= 15 is 0 Å². The zero-order chi connectivity index (χ0) is 25.9. The Labute approximate surface area is 212 Å². The third-order valence-electron chi connectivity index (χ3n) is 5.34. The molecule has 1 saturated heterocycles. The van der Waals surface area contributed by atoms with Crippen molar-refractivity contribution < 1.29 is 18.7 Å². The lowest BCUT2D eigenvalue weighted by Crippen LogP contribution is -2.37. The lowest BCUT2D eigenvalue weighted by Gasteiger charge is -2.26. The topological polar surface area (TPSA) is 88.6 Å². The number of nitrogens with one attached hydrogen (secondary N) is 2. The van der Waals surface area contributed by atoms with Crippen LogP contribution in [0, 0.1) is 5.82 Å². The van der Waals surface area contributed by atoms with Crippen LogP contribution in [0.15, 0.2) is 49.3 Å². The molecule has 11 heteroatoms. The Balaban J connectivity index is 0.00000176. The number of morpholine rings is 1. The fourth-order valence-electron chi connectivity index (χ4n) is 3.59. The maximum Gasteiger partial charge on any atom is 0.247 e. The lowest BCUT2D eigenvalue weighted by atomic mass is 10.1. The highest BCUT2D eigenvalue weighted by molar-refractivity contribution is 6.92. The van der Waals surface area contributed by atoms with Crippen LogP contribution in [0.4, 0.5) is 21.6 Å². The third kappa shape index (κ3) is 7.08. The molecule has 2 N–H and O–H groups in total. The van der Waals surface area contributed by atoms with Gasteiger partial charge in [0.1, 0.15) is 23.7 Å². The Kier molecular flexibility index (Phi) is 9.20. The van der Waals surface area contributed by atoms with E-state index in [2.05, 4.69) is 32.1 Å². The van der Waals surface area contributed by atoms with Crippen LogP contribution in [0.25, 0.3) is 10.9 Å². The number of halogens is 2. The quantitative estimate of drug-likeness (QED) is 0.245. The number of ether oxygens (including phenoxy) is 2. The first kappa shape index (κ1) is 25.3. The zero-order valence-corrected chi connectivity index (χ0v) is 21.0. The van der Waals surface area contributed by atoms with Crippen LogP contribution in [0.5, 0.6) is 5.75 Å². The van der Waals surface area contributed by atoms with Crippen molar-refractivity contribution in [3.05, 3.63) is 60.2 Å². The van der Waals surface area contributed by atoms with Crippen LogP contribution in [0.3, 0.4) is 0 Å². The van der Waals surface area contributed by atoms with Crippen molar-refractivity contribution in [3.63, 3.8) is 0 Å². The summed E-state index contributed by atoms with van der Waals surface area (Å²) in [6.07, 6.45) is 3.43. The molecule has 35 heavy (non-hydrogen) atoms. The van der Waals surface area contributed by atoms with Crippen LogP contribution in [0.2, 0.25) is 5.02 Å². The summed E-state index contributed by atoms with van der Waals surface area (Å²) in [5, 5.41) is 6.55. The van der Waals surface area contributed by atoms with Crippen LogP contribution in [0.1, 0.15) is 6.42 Å². The first-order chi connectivity index (χ1) is 17.5. The number of anilines is 3. The highest BCUT2D eigenvalue weighted by Gasteiger charge is 2.14. The highest BCUT2D eigenvalue weighted by atomic mass is 35.5. The van der Waals surface area contributed by atoms with Gasteiger partial charge in [-0.15, -0.1) is 0 Å². The van der Waals surface area contributed by atoms with E-state index < -0.39 is 5.82 Å². The summed E-state index contributed by atoms with van der Waals surface area (Å²) in [7, 11) is 1.67. The molecule has 1 unspecified atom stereocenters. The number of nitrogens with zero attached hydrogens (tertiary/aromatic N) is 3. The second kappa shape index (κ2) is 12.7. The predicted octanol–water partition coefficient (Wildman–Crippen LogP) is 4.45. The van der Waals surface area contributed by atoms with E-state index in [1.807, 2.05) is 0 Å². The number of hydrogen-bond acceptors (Lipinski definition) is 7. The van der Waals surface area contributed by atoms with Gasteiger partial charge in [-0.1, -0.05) is 18.2 Å². The van der Waals surface area contributed by atoms with Gasteiger partial charge >= 0.3 is 0 Å². The monoisotopic (exact) mass is 520 g/mol. The zero-order valence-electron chi connectivity index (χ0n) is 20.1. The molecule has 1 fully saturated rings. The fourth-order valence-corrected chi connectivity index (χ4v) is 3.77. The van der Waals surface area contributed by atoms with Gasteiger partial charge in [0.25, 0.3) is 0 Å². The van der Waals surface area contributed by atoms with Crippen LogP contribution >= 0.6 is 21.4 Å². The Morgan fingerprint density at radius 3 is 2.86 bits per heavy atom. The average molecular weight is 521 g/mol. The molecule has 4 rings (SSSR count). The summed E-state index contributed by atoms with van der Waals surface area (Å²) in [6.45, 7) is 8.24. The summed E-state index contributed by atoms with van der Waals surface area (Å²) >= 11 is 5.90. The van der Waals surface area contributed by atoms with Crippen molar-refractivity contribution in [2.45, 2.75) is 6.42 Å². The molecule has 1 aromatic heterocycles. The molecule has 0 bridgehead atoms. The minimum absolute atomic E-state index is 0.00457. The van der Waals surface area contributed by atoms with Gasteiger partial charge in [0.05, 0.1) is 37.3 Å². The highest BCUT2D eigenvalue weighted by Crippen LogP contribution is 2.34. The molecule has 186 valence electrons. The number of carbonyl (C=O) groups is 1. The maximum atomic E-state index is 13.5. The molecule has 3 aromatic rings.